The van der Waals surface area contributed by atoms with Crippen LogP contribution in [0.2, 0.25) is 0 Å². The number of hydrogen-bond acceptors (Lipinski definition) is 3. The highest BCUT2D eigenvalue weighted by Crippen LogP contribution is 2.31. The fourth-order valence-electron chi connectivity index (χ4n) is 3.01. The van der Waals surface area contributed by atoms with Gasteiger partial charge < -0.3 is 15.1 Å². The molecule has 2 fully saturated rings. The van der Waals surface area contributed by atoms with Crippen LogP contribution in [-0.4, -0.2) is 51.3 Å². The van der Waals surface area contributed by atoms with Gasteiger partial charge in [0.1, 0.15) is 5.75 Å². The summed E-state index contributed by atoms with van der Waals surface area (Å²) >= 11 is 0. The van der Waals surface area contributed by atoms with Crippen LogP contribution in [0.25, 0.3) is 0 Å². The maximum Gasteiger partial charge on any atom is 0.407 e. The Balaban J connectivity index is 1.64. The predicted molar refractivity (Wildman–Crippen MR) is 65.4 cm³/mol. The predicted octanol–water partition coefficient (Wildman–Crippen LogP) is 1.33. The minimum atomic E-state index is -0.799. The molecule has 2 atom stereocenters. The summed E-state index contributed by atoms with van der Waals surface area (Å²) in [4.78, 5) is 14.9. The average molecular weight is 248 g/mol. The molecule has 0 unspecified atom stereocenters. The lowest BCUT2D eigenvalue weighted by Gasteiger charge is -2.32. The molecule has 0 aromatic heterocycles. The van der Waals surface area contributed by atoms with Crippen molar-refractivity contribution in [3.05, 3.63) is 29.8 Å². The van der Waals surface area contributed by atoms with Crippen molar-refractivity contribution in [2.24, 2.45) is 0 Å². The zero-order valence-electron chi connectivity index (χ0n) is 9.99. The molecule has 2 aliphatic heterocycles. The molecular weight excluding hydrogens is 232 g/mol. The van der Waals surface area contributed by atoms with E-state index in [0.717, 1.165) is 25.1 Å². The Bertz CT molecular complexity index is 460. The molecule has 5 nitrogen and oxygen atoms in total. The number of fused-ring (bicyclic) bond motifs is 2. The van der Waals surface area contributed by atoms with E-state index in [1.54, 1.807) is 17.0 Å². The molecule has 18 heavy (non-hydrogen) atoms. The number of aromatic hydroxyl groups is 1. The van der Waals surface area contributed by atoms with E-state index >= 15 is 0 Å². The number of hydrogen-bond donors (Lipinski definition) is 2. The van der Waals surface area contributed by atoms with Gasteiger partial charge in [-0.15, -0.1) is 0 Å². The smallest absolute Gasteiger partial charge is 0.407 e. The molecule has 96 valence electrons. The molecular formula is C13H16N2O3. The Morgan fingerprint density at radius 3 is 2.50 bits per heavy atom. The van der Waals surface area contributed by atoms with Crippen LogP contribution < -0.4 is 0 Å². The number of phenolic OH excluding ortho intramolecular Hbond substituents is 1. The van der Waals surface area contributed by atoms with Gasteiger partial charge >= 0.3 is 6.09 Å². The van der Waals surface area contributed by atoms with Crippen LogP contribution in [0.15, 0.2) is 24.3 Å². The highest BCUT2D eigenvalue weighted by Gasteiger charge is 2.45. The van der Waals surface area contributed by atoms with Crippen molar-refractivity contribution < 1.29 is 15.0 Å². The minimum absolute atomic E-state index is 0.157. The van der Waals surface area contributed by atoms with Gasteiger partial charge in [-0.25, -0.2) is 4.79 Å². The van der Waals surface area contributed by atoms with Gasteiger partial charge in [-0.3, -0.25) is 4.90 Å². The summed E-state index contributed by atoms with van der Waals surface area (Å²) < 4.78 is 0. The molecule has 2 saturated heterocycles. The Morgan fingerprint density at radius 1 is 1.22 bits per heavy atom. The van der Waals surface area contributed by atoms with E-state index in [4.69, 9.17) is 5.11 Å². The molecule has 1 aromatic carbocycles. The zero-order chi connectivity index (χ0) is 12.7. The Morgan fingerprint density at radius 2 is 1.94 bits per heavy atom. The van der Waals surface area contributed by atoms with E-state index in [-0.39, 0.29) is 11.8 Å². The van der Waals surface area contributed by atoms with E-state index in [0.29, 0.717) is 12.6 Å². The number of nitrogens with zero attached hydrogens (tertiary/aromatic N) is 2. The number of likely N-dealkylation sites (tertiary alicyclic amines) is 2. The first-order chi connectivity index (χ1) is 8.63. The zero-order valence-corrected chi connectivity index (χ0v) is 9.99. The SMILES string of the molecule is O=C(O)N1C[C@@H]2C[C@H]1CN2Cc1ccc(O)cc1. The fraction of sp³-hybridized carbons (Fsp3) is 0.462. The third-order valence-electron chi connectivity index (χ3n) is 3.92. The Labute approximate surface area is 105 Å². The van der Waals surface area contributed by atoms with Crippen molar-refractivity contribution in [2.45, 2.75) is 25.0 Å². The van der Waals surface area contributed by atoms with E-state index in [2.05, 4.69) is 4.90 Å². The number of carbonyl (C=O) groups is 1. The monoisotopic (exact) mass is 248 g/mol. The van der Waals surface area contributed by atoms with Crippen molar-refractivity contribution in [2.75, 3.05) is 13.1 Å². The van der Waals surface area contributed by atoms with Gasteiger partial charge in [0.2, 0.25) is 0 Å². The van der Waals surface area contributed by atoms with Crippen molar-refractivity contribution >= 4 is 6.09 Å². The molecule has 0 saturated carbocycles. The Kier molecular flexibility index (Phi) is 2.63. The van der Waals surface area contributed by atoms with Gasteiger partial charge in [0.05, 0.1) is 0 Å². The van der Waals surface area contributed by atoms with Gasteiger partial charge in [-0.1, -0.05) is 12.1 Å². The van der Waals surface area contributed by atoms with Crippen LogP contribution in [0.3, 0.4) is 0 Å². The number of rotatable bonds is 2. The first kappa shape index (κ1) is 11.3. The molecule has 2 bridgehead atoms. The minimum Gasteiger partial charge on any atom is -0.508 e. The summed E-state index contributed by atoms with van der Waals surface area (Å²) in [7, 11) is 0. The third-order valence-corrected chi connectivity index (χ3v) is 3.92. The van der Waals surface area contributed by atoms with Crippen LogP contribution in [0, 0.1) is 0 Å². The summed E-state index contributed by atoms with van der Waals surface area (Å²) in [5.74, 6) is 0.277. The van der Waals surface area contributed by atoms with Gasteiger partial charge in [-0.05, 0) is 24.1 Å². The van der Waals surface area contributed by atoms with Crippen molar-refractivity contribution in [1.29, 1.82) is 0 Å². The molecule has 2 heterocycles. The largest absolute Gasteiger partial charge is 0.508 e. The highest BCUT2D eigenvalue weighted by molar-refractivity contribution is 5.66. The molecule has 0 aliphatic carbocycles. The van der Waals surface area contributed by atoms with Crippen LogP contribution in [0.5, 0.6) is 5.75 Å². The van der Waals surface area contributed by atoms with Crippen LogP contribution in [0.1, 0.15) is 12.0 Å². The van der Waals surface area contributed by atoms with Crippen LogP contribution >= 0.6 is 0 Å². The van der Waals surface area contributed by atoms with Crippen LogP contribution in [0.4, 0.5) is 4.79 Å². The lowest BCUT2D eigenvalue weighted by atomic mass is 10.2. The first-order valence-electron chi connectivity index (χ1n) is 6.15. The lowest BCUT2D eigenvalue weighted by molar-refractivity contribution is 0.100. The maximum atomic E-state index is 11.0. The number of benzene rings is 1. The van der Waals surface area contributed by atoms with E-state index in [9.17, 15) is 9.90 Å². The van der Waals surface area contributed by atoms with Crippen molar-refractivity contribution in [3.8, 4) is 5.75 Å². The second-order valence-electron chi connectivity index (χ2n) is 5.07. The summed E-state index contributed by atoms with van der Waals surface area (Å²) in [6.07, 6.45) is 0.150. The van der Waals surface area contributed by atoms with Crippen molar-refractivity contribution in [1.82, 2.24) is 9.80 Å². The summed E-state index contributed by atoms with van der Waals surface area (Å²) in [5, 5.41) is 18.3. The Hall–Kier alpha value is -1.75. The number of piperazine rings is 1. The standard InChI is InChI=1S/C13H16N2O3/c16-12-3-1-9(2-4-12)6-14-7-11-5-10(14)8-15(11)13(17)18/h1-4,10-11,16H,5-8H2,(H,17,18)/t10-,11-/m0/s1. The van der Waals surface area contributed by atoms with Gasteiger partial charge in [0.25, 0.3) is 0 Å². The second-order valence-corrected chi connectivity index (χ2v) is 5.07. The number of amides is 1. The second kappa shape index (κ2) is 4.17. The van der Waals surface area contributed by atoms with E-state index in [1.165, 1.54) is 0 Å². The average Bonchev–Trinajstić information content (AvgIpc) is 2.91. The number of carboxylic acid groups (broad SMARTS) is 1. The van der Waals surface area contributed by atoms with Gasteiger partial charge in [-0.2, -0.15) is 0 Å². The molecule has 0 spiro atoms. The van der Waals surface area contributed by atoms with Gasteiger partial charge in [0.15, 0.2) is 0 Å². The molecule has 3 rings (SSSR count). The quantitative estimate of drug-likeness (QED) is 0.828. The first-order valence-corrected chi connectivity index (χ1v) is 6.15. The van der Waals surface area contributed by atoms with Crippen molar-refractivity contribution in [3.63, 3.8) is 0 Å². The number of phenols is 1. The highest BCUT2D eigenvalue weighted by atomic mass is 16.4. The van der Waals surface area contributed by atoms with E-state index < -0.39 is 6.09 Å². The summed E-state index contributed by atoms with van der Waals surface area (Å²) in [5.41, 5.74) is 1.15. The molecule has 1 amide bonds. The lowest BCUT2D eigenvalue weighted by Crippen LogP contribution is -2.47. The summed E-state index contributed by atoms with van der Waals surface area (Å²) in [6, 6.07) is 7.71. The molecule has 2 aliphatic rings. The van der Waals surface area contributed by atoms with Crippen LogP contribution in [-0.2, 0) is 6.54 Å². The molecule has 5 heteroatoms. The maximum absolute atomic E-state index is 11.0. The van der Waals surface area contributed by atoms with Gasteiger partial charge in [0, 0.05) is 31.7 Å². The molecule has 0 radical (unpaired) electrons. The normalized spacial score (nSPS) is 26.8. The fourth-order valence-corrected chi connectivity index (χ4v) is 3.01. The summed E-state index contributed by atoms with van der Waals surface area (Å²) in [6.45, 7) is 2.27. The van der Waals surface area contributed by atoms with E-state index in [1.807, 2.05) is 12.1 Å². The third kappa shape index (κ3) is 1.90. The molecule has 1 aromatic rings. The molecule has 2 N–H and O–H groups in total. The topological polar surface area (TPSA) is 64.0 Å².